The molecule has 6 aromatic carbocycles. The smallest absolute Gasteiger partial charge is 0.287 e. The van der Waals surface area contributed by atoms with E-state index in [4.69, 9.17) is 105 Å². The minimum absolute atomic E-state index is 0. The summed E-state index contributed by atoms with van der Waals surface area (Å²) >= 11 is 0. The molecule has 0 spiro atoms. The average molecular weight is 1490 g/mol. The Kier molecular flexibility index (Phi) is 41.9. The molecule has 0 unspecified atom stereocenters. The number of nitriles is 2. The van der Waals surface area contributed by atoms with Gasteiger partial charge in [-0.1, -0.05) is 206 Å². The number of halogens is 4. The number of aromatic nitrogens is 4. The molecule has 0 aliphatic heterocycles. The van der Waals surface area contributed by atoms with Crippen molar-refractivity contribution in [3.8, 4) is 57.2 Å². The van der Waals surface area contributed by atoms with Crippen LogP contribution >= 0.6 is 0 Å². The molecule has 0 bridgehead atoms. The van der Waals surface area contributed by atoms with E-state index in [1.165, 1.54) is 25.0 Å². The normalized spacial score (nSPS) is 10.4. The zero-order valence-corrected chi connectivity index (χ0v) is 55.6. The Morgan fingerprint density at radius 2 is 0.417 bits per heavy atom. The molecule has 10 aromatic rings. The summed E-state index contributed by atoms with van der Waals surface area (Å²) in [7, 11) is -19.8. The number of hydrogen-bond donors (Lipinski definition) is 0. The van der Waals surface area contributed by atoms with Crippen LogP contribution in [0, 0.1) is 63.6 Å². The predicted octanol–water partition coefficient (Wildman–Crippen LogP) is -3.94. The van der Waals surface area contributed by atoms with Crippen molar-refractivity contribution in [3.05, 3.63) is 289 Å². The van der Waals surface area contributed by atoms with Crippen LogP contribution in [0.2, 0.25) is 0 Å². The van der Waals surface area contributed by atoms with Crippen molar-refractivity contribution < 1.29 is 150 Å². The predicted molar refractivity (Wildman–Crippen MR) is 300 cm³/mol. The minimum atomic E-state index is -4.94. The van der Waals surface area contributed by atoms with Gasteiger partial charge in [-0.2, -0.15) is 10.5 Å². The quantitative estimate of drug-likeness (QED) is 0.0833. The molecule has 0 N–H and O–H groups in total. The third-order valence-electron chi connectivity index (χ3n) is 11.5. The standard InChI is InChI=1S/2C31H27N3.2C2H3N.4ClHO4.2Cu/c2*1-4-12-25(13-5-1)22-34(23-28-18-10-20-30(32-28)26-14-6-2-7-15-26)24-29-19-11-21-31(33-29)27-16-8-3-9-17-27;2*1-2-3;4*2-1(3,4)5;;/h2*1-21H,22-24H2;2*1H3;4*(H,2,3,4,5);;/q;;;;;;;;2*+2/p-4. The summed E-state index contributed by atoms with van der Waals surface area (Å²) in [6.07, 6.45) is 0. The fourth-order valence-corrected chi connectivity index (χ4v) is 8.28. The molecular formula is C66H60Cl4Cu2N8O16. The molecule has 0 atom stereocenters. The largest absolute Gasteiger partial charge is 2.00 e. The van der Waals surface area contributed by atoms with E-state index in [-0.39, 0.29) is 34.1 Å². The van der Waals surface area contributed by atoms with Crippen molar-refractivity contribution in [2.75, 3.05) is 0 Å². The van der Waals surface area contributed by atoms with Gasteiger partial charge in [0.15, 0.2) is 0 Å². The van der Waals surface area contributed by atoms with Gasteiger partial charge in [0, 0.05) is 75.4 Å². The number of nitrogens with zero attached hydrogens (tertiary/aromatic N) is 8. The first-order chi connectivity index (χ1) is 44.5. The van der Waals surface area contributed by atoms with E-state index in [1.807, 2.05) is 24.3 Å². The van der Waals surface area contributed by atoms with Crippen molar-refractivity contribution in [3.63, 3.8) is 0 Å². The SMILES string of the molecule is CC#N.CC#N.[Cu+2].[Cu+2].[O-][Cl+3]([O-])([O-])[O-].[O-][Cl+3]([O-])([O-])[O-].[O-][Cl+3]([O-])([O-])[O-].[O-][Cl+3]([O-])([O-])[O-].c1ccc(CN(Cc2cccc(-c3ccccc3)n2)Cc2cccc(-c3ccccc3)n2)cc1.c1ccc(CN(Cc2cccc(-c3ccccc3)n2)Cc2cccc(-c3ccccc3)n2)cc1. The van der Waals surface area contributed by atoms with E-state index in [0.717, 1.165) is 107 Å². The average Bonchev–Trinajstić information content (AvgIpc) is 0.934. The molecule has 0 fully saturated rings. The van der Waals surface area contributed by atoms with E-state index in [9.17, 15) is 0 Å². The molecule has 10 rings (SSSR count). The van der Waals surface area contributed by atoms with Crippen LogP contribution in [0.5, 0.6) is 0 Å². The Morgan fingerprint density at radius 1 is 0.260 bits per heavy atom. The molecule has 30 heteroatoms. The molecule has 510 valence electrons. The molecule has 4 heterocycles. The zero-order valence-electron chi connectivity index (χ0n) is 50.7. The second-order valence-corrected chi connectivity index (χ2v) is 21.8. The Labute approximate surface area is 585 Å². The second kappa shape index (κ2) is 46.5. The molecule has 96 heavy (non-hydrogen) atoms. The van der Waals surface area contributed by atoms with Crippen molar-refractivity contribution in [2.24, 2.45) is 0 Å². The van der Waals surface area contributed by atoms with Gasteiger partial charge in [0.05, 0.1) is 57.7 Å². The summed E-state index contributed by atoms with van der Waals surface area (Å²) in [5, 5.41) is 14.6. The number of hydrogen-bond acceptors (Lipinski definition) is 24. The maximum Gasteiger partial charge on any atom is 2.00 e. The Morgan fingerprint density at radius 3 is 0.583 bits per heavy atom. The molecule has 4 aromatic heterocycles. The maximum atomic E-state index is 8.49. The monoisotopic (exact) mass is 1490 g/mol. The zero-order chi connectivity index (χ0) is 69.4. The Hall–Kier alpha value is -7.62. The van der Waals surface area contributed by atoms with Gasteiger partial charge in [0.2, 0.25) is 0 Å². The van der Waals surface area contributed by atoms with Crippen molar-refractivity contribution in [1.29, 1.82) is 10.5 Å². The van der Waals surface area contributed by atoms with E-state index in [0.29, 0.717) is 0 Å². The van der Waals surface area contributed by atoms with Gasteiger partial charge in [-0.25, -0.2) is 74.5 Å². The summed E-state index contributed by atoms with van der Waals surface area (Å²) in [5.41, 5.74) is 15.3. The molecular weight excluding hydrogens is 1430 g/mol. The molecule has 2 radical (unpaired) electrons. The van der Waals surface area contributed by atoms with E-state index in [2.05, 4.69) is 240 Å². The van der Waals surface area contributed by atoms with Gasteiger partial charge >= 0.3 is 34.1 Å². The number of benzene rings is 6. The van der Waals surface area contributed by atoms with Crippen LogP contribution in [0.25, 0.3) is 45.0 Å². The fraction of sp³-hybridized carbons (Fsp3) is 0.121. The van der Waals surface area contributed by atoms with Crippen LogP contribution in [0.15, 0.2) is 255 Å². The number of pyridine rings is 4. The van der Waals surface area contributed by atoms with Gasteiger partial charge in [-0.05, 0) is 59.7 Å². The van der Waals surface area contributed by atoms with Gasteiger partial charge in [-0.3, -0.25) is 29.7 Å². The van der Waals surface area contributed by atoms with Crippen LogP contribution in [0.3, 0.4) is 0 Å². The summed E-state index contributed by atoms with van der Waals surface area (Å²) in [6, 6.07) is 91.2. The third-order valence-corrected chi connectivity index (χ3v) is 11.5. The van der Waals surface area contributed by atoms with Crippen molar-refractivity contribution in [2.45, 2.75) is 53.1 Å². The first-order valence-electron chi connectivity index (χ1n) is 27.2. The molecule has 0 aliphatic rings. The van der Waals surface area contributed by atoms with E-state index < -0.39 is 41.0 Å². The van der Waals surface area contributed by atoms with Gasteiger partial charge < -0.3 is 0 Å². The maximum absolute atomic E-state index is 8.49. The van der Waals surface area contributed by atoms with E-state index >= 15 is 0 Å². The molecule has 0 aliphatic carbocycles. The first-order valence-corrected chi connectivity index (χ1v) is 32.1. The fourth-order valence-electron chi connectivity index (χ4n) is 8.28. The molecule has 0 amide bonds. The Balaban J connectivity index is 0.000000693. The number of rotatable bonds is 16. The van der Waals surface area contributed by atoms with Crippen LogP contribution in [0.4, 0.5) is 0 Å². The summed E-state index contributed by atoms with van der Waals surface area (Å²) < 4.78 is 136. The molecule has 24 nitrogen and oxygen atoms in total. The summed E-state index contributed by atoms with van der Waals surface area (Å²) in [4.78, 5) is 24.7. The van der Waals surface area contributed by atoms with Crippen molar-refractivity contribution in [1.82, 2.24) is 29.7 Å². The minimum Gasteiger partial charge on any atom is -0.287 e. The Bertz CT molecular complexity index is 3310. The van der Waals surface area contributed by atoms with Gasteiger partial charge in [0.1, 0.15) is 0 Å². The van der Waals surface area contributed by atoms with Crippen LogP contribution in [0.1, 0.15) is 47.8 Å². The molecule has 0 saturated carbocycles. The van der Waals surface area contributed by atoms with Crippen LogP contribution in [-0.4, -0.2) is 29.7 Å². The van der Waals surface area contributed by atoms with Crippen LogP contribution < -0.4 is 74.5 Å². The van der Waals surface area contributed by atoms with Crippen molar-refractivity contribution >= 4 is 0 Å². The first kappa shape index (κ1) is 86.4. The van der Waals surface area contributed by atoms with Crippen LogP contribution in [-0.2, 0) is 73.4 Å². The van der Waals surface area contributed by atoms with Gasteiger partial charge in [-0.15, -0.1) is 41.0 Å². The third kappa shape index (κ3) is 43.5. The van der Waals surface area contributed by atoms with Gasteiger partial charge in [0.25, 0.3) is 0 Å². The second-order valence-electron chi connectivity index (χ2n) is 18.7. The summed E-state index contributed by atoms with van der Waals surface area (Å²) in [6.45, 7) is 7.49. The summed E-state index contributed by atoms with van der Waals surface area (Å²) in [5.74, 6) is 0. The molecule has 0 saturated heterocycles. The topological polar surface area (TPSA) is 475 Å². The van der Waals surface area contributed by atoms with E-state index in [1.54, 1.807) is 12.1 Å².